The SMILES string of the molecule is CC1CCN(C(=O)Nc2cccc(OCc3cscn3)c2)CC1. The van der Waals surface area contributed by atoms with Gasteiger partial charge in [-0.25, -0.2) is 9.78 Å². The smallest absolute Gasteiger partial charge is 0.321 e. The first kappa shape index (κ1) is 15.8. The molecule has 1 aromatic carbocycles. The van der Waals surface area contributed by atoms with Crippen LogP contribution in [0, 0.1) is 5.92 Å². The number of nitrogens with one attached hydrogen (secondary N) is 1. The number of aromatic nitrogens is 1. The summed E-state index contributed by atoms with van der Waals surface area (Å²) in [5.41, 5.74) is 3.45. The molecule has 0 bridgehead atoms. The van der Waals surface area contributed by atoms with E-state index in [1.54, 1.807) is 16.8 Å². The number of hydrogen-bond acceptors (Lipinski definition) is 4. The van der Waals surface area contributed by atoms with Crippen molar-refractivity contribution in [3.63, 3.8) is 0 Å². The van der Waals surface area contributed by atoms with E-state index in [1.807, 2.05) is 34.5 Å². The van der Waals surface area contributed by atoms with Gasteiger partial charge >= 0.3 is 6.03 Å². The molecule has 1 fully saturated rings. The van der Waals surface area contributed by atoms with Gasteiger partial charge in [0, 0.05) is 30.2 Å². The zero-order valence-electron chi connectivity index (χ0n) is 13.2. The number of benzene rings is 1. The Morgan fingerprint density at radius 1 is 1.43 bits per heavy atom. The molecule has 23 heavy (non-hydrogen) atoms. The second-order valence-electron chi connectivity index (χ2n) is 5.90. The van der Waals surface area contributed by atoms with Crippen LogP contribution in [0.3, 0.4) is 0 Å². The number of hydrogen-bond donors (Lipinski definition) is 1. The zero-order chi connectivity index (χ0) is 16.1. The average Bonchev–Trinajstić information content (AvgIpc) is 3.07. The molecule has 0 saturated carbocycles. The second kappa shape index (κ2) is 7.46. The molecule has 1 aromatic heterocycles. The van der Waals surface area contributed by atoms with E-state index in [2.05, 4.69) is 17.2 Å². The van der Waals surface area contributed by atoms with E-state index in [0.29, 0.717) is 12.5 Å². The maximum absolute atomic E-state index is 12.3. The first-order chi connectivity index (χ1) is 11.2. The molecule has 2 amide bonds. The van der Waals surface area contributed by atoms with Crippen LogP contribution < -0.4 is 10.1 Å². The minimum atomic E-state index is -0.0337. The van der Waals surface area contributed by atoms with Crippen LogP contribution in [0.4, 0.5) is 10.5 Å². The Bertz CT molecular complexity index is 637. The van der Waals surface area contributed by atoms with Crippen molar-refractivity contribution >= 4 is 23.1 Å². The minimum Gasteiger partial charge on any atom is -0.487 e. The fourth-order valence-corrected chi connectivity index (χ4v) is 3.09. The molecule has 0 aliphatic carbocycles. The topological polar surface area (TPSA) is 54.5 Å². The van der Waals surface area contributed by atoms with Gasteiger partial charge in [0.1, 0.15) is 12.4 Å². The third kappa shape index (κ3) is 4.45. The van der Waals surface area contributed by atoms with Crippen molar-refractivity contribution in [1.29, 1.82) is 0 Å². The quantitative estimate of drug-likeness (QED) is 0.922. The summed E-state index contributed by atoms with van der Waals surface area (Å²) >= 11 is 1.55. The lowest BCUT2D eigenvalue weighted by Crippen LogP contribution is -2.40. The van der Waals surface area contributed by atoms with E-state index >= 15 is 0 Å². The highest BCUT2D eigenvalue weighted by Gasteiger charge is 2.20. The molecule has 1 saturated heterocycles. The van der Waals surface area contributed by atoms with Crippen LogP contribution in [0.1, 0.15) is 25.5 Å². The number of carbonyl (C=O) groups excluding carboxylic acids is 1. The lowest BCUT2D eigenvalue weighted by atomic mass is 10.00. The molecule has 1 aliphatic rings. The molecule has 6 heteroatoms. The normalized spacial score (nSPS) is 15.4. The molecule has 2 aromatic rings. The van der Waals surface area contributed by atoms with E-state index in [0.717, 1.165) is 43.1 Å². The van der Waals surface area contributed by atoms with Crippen molar-refractivity contribution in [2.24, 2.45) is 5.92 Å². The van der Waals surface area contributed by atoms with Crippen LogP contribution in [0.25, 0.3) is 0 Å². The first-order valence-electron chi connectivity index (χ1n) is 7.86. The van der Waals surface area contributed by atoms with Gasteiger partial charge in [-0.15, -0.1) is 11.3 Å². The van der Waals surface area contributed by atoms with Crippen molar-refractivity contribution < 1.29 is 9.53 Å². The number of anilines is 1. The number of amides is 2. The van der Waals surface area contributed by atoms with E-state index in [1.165, 1.54) is 0 Å². The zero-order valence-corrected chi connectivity index (χ0v) is 14.0. The fourth-order valence-electron chi connectivity index (χ4n) is 2.54. The number of carbonyl (C=O) groups is 1. The number of ether oxygens (including phenoxy) is 1. The van der Waals surface area contributed by atoms with Crippen molar-refractivity contribution in [3.8, 4) is 5.75 Å². The summed E-state index contributed by atoms with van der Waals surface area (Å²) < 4.78 is 5.71. The number of rotatable bonds is 4. The second-order valence-corrected chi connectivity index (χ2v) is 6.61. The third-order valence-corrected chi connectivity index (χ3v) is 4.66. The summed E-state index contributed by atoms with van der Waals surface area (Å²) in [5, 5.41) is 4.91. The standard InChI is InChI=1S/C17H21N3O2S/c1-13-5-7-20(8-6-13)17(21)19-14-3-2-4-16(9-14)22-10-15-11-23-12-18-15/h2-4,9,11-13H,5-8,10H2,1H3,(H,19,21). The van der Waals surface area contributed by atoms with Gasteiger partial charge < -0.3 is 15.0 Å². The van der Waals surface area contributed by atoms with Gasteiger partial charge in [-0.05, 0) is 30.9 Å². The van der Waals surface area contributed by atoms with Crippen LogP contribution >= 0.6 is 11.3 Å². The molecule has 1 aliphatic heterocycles. The lowest BCUT2D eigenvalue weighted by molar-refractivity contribution is 0.186. The monoisotopic (exact) mass is 331 g/mol. The average molecular weight is 331 g/mol. The summed E-state index contributed by atoms with van der Waals surface area (Å²) in [5.74, 6) is 1.43. The molecular weight excluding hydrogens is 310 g/mol. The van der Waals surface area contributed by atoms with Gasteiger partial charge in [-0.2, -0.15) is 0 Å². The van der Waals surface area contributed by atoms with E-state index < -0.39 is 0 Å². The van der Waals surface area contributed by atoms with Crippen molar-refractivity contribution in [1.82, 2.24) is 9.88 Å². The van der Waals surface area contributed by atoms with Crippen LogP contribution in [-0.2, 0) is 6.61 Å². The Morgan fingerprint density at radius 3 is 3.00 bits per heavy atom. The summed E-state index contributed by atoms with van der Waals surface area (Å²) in [6.07, 6.45) is 2.15. The Labute approximate surface area is 140 Å². The minimum absolute atomic E-state index is 0.0337. The number of likely N-dealkylation sites (tertiary alicyclic amines) is 1. The van der Waals surface area contributed by atoms with E-state index in [4.69, 9.17) is 4.74 Å². The maximum Gasteiger partial charge on any atom is 0.321 e. The Hall–Kier alpha value is -2.08. The van der Waals surface area contributed by atoms with Gasteiger partial charge in [-0.1, -0.05) is 13.0 Å². The maximum atomic E-state index is 12.3. The molecule has 1 N–H and O–H groups in total. The number of piperidine rings is 1. The van der Waals surface area contributed by atoms with Crippen molar-refractivity contribution in [2.75, 3.05) is 18.4 Å². The van der Waals surface area contributed by atoms with Crippen molar-refractivity contribution in [3.05, 3.63) is 40.8 Å². The molecule has 0 unspecified atom stereocenters. The lowest BCUT2D eigenvalue weighted by Gasteiger charge is -2.30. The van der Waals surface area contributed by atoms with Gasteiger partial charge in [0.15, 0.2) is 0 Å². The Kier molecular flexibility index (Phi) is 5.12. The first-order valence-corrected chi connectivity index (χ1v) is 8.81. The van der Waals surface area contributed by atoms with E-state index in [-0.39, 0.29) is 6.03 Å². The van der Waals surface area contributed by atoms with Gasteiger partial charge in [-0.3, -0.25) is 0 Å². The molecule has 122 valence electrons. The molecular formula is C17H21N3O2S. The van der Waals surface area contributed by atoms with E-state index in [9.17, 15) is 4.79 Å². The summed E-state index contributed by atoms with van der Waals surface area (Å²) in [6, 6.07) is 7.44. The molecule has 2 heterocycles. The van der Waals surface area contributed by atoms with Crippen molar-refractivity contribution in [2.45, 2.75) is 26.4 Å². The van der Waals surface area contributed by atoms with Gasteiger partial charge in [0.05, 0.1) is 11.2 Å². The number of thiazole rings is 1. The summed E-state index contributed by atoms with van der Waals surface area (Å²) in [7, 11) is 0. The highest BCUT2D eigenvalue weighted by atomic mass is 32.1. The van der Waals surface area contributed by atoms with Gasteiger partial charge in [0.25, 0.3) is 0 Å². The van der Waals surface area contributed by atoms with Crippen LogP contribution in [0.15, 0.2) is 35.2 Å². The molecule has 5 nitrogen and oxygen atoms in total. The largest absolute Gasteiger partial charge is 0.487 e. The molecule has 0 spiro atoms. The predicted molar refractivity (Wildman–Crippen MR) is 91.9 cm³/mol. The highest BCUT2D eigenvalue weighted by Crippen LogP contribution is 2.21. The van der Waals surface area contributed by atoms with Gasteiger partial charge in [0.2, 0.25) is 0 Å². The summed E-state index contributed by atoms with van der Waals surface area (Å²) in [4.78, 5) is 18.4. The predicted octanol–water partition coefficient (Wildman–Crippen LogP) is 3.99. The molecule has 3 rings (SSSR count). The van der Waals surface area contributed by atoms with Crippen LogP contribution in [-0.4, -0.2) is 29.0 Å². The molecule has 0 atom stereocenters. The summed E-state index contributed by atoms with van der Waals surface area (Å²) in [6.45, 7) is 4.32. The Morgan fingerprint density at radius 2 is 2.26 bits per heavy atom. The number of urea groups is 1. The van der Waals surface area contributed by atoms with Crippen LogP contribution in [0.5, 0.6) is 5.75 Å². The van der Waals surface area contributed by atoms with Crippen LogP contribution in [0.2, 0.25) is 0 Å². The number of nitrogens with zero attached hydrogens (tertiary/aromatic N) is 2. The fraction of sp³-hybridized carbons (Fsp3) is 0.412. The molecule has 0 radical (unpaired) electrons. The Balaban J connectivity index is 1.55. The highest BCUT2D eigenvalue weighted by molar-refractivity contribution is 7.07. The third-order valence-electron chi connectivity index (χ3n) is 4.03.